The van der Waals surface area contributed by atoms with E-state index in [1.54, 1.807) is 0 Å². The third kappa shape index (κ3) is 2.62. The molecule has 0 amide bonds. The van der Waals surface area contributed by atoms with E-state index in [0.29, 0.717) is 12.1 Å². The summed E-state index contributed by atoms with van der Waals surface area (Å²) in [5.41, 5.74) is 0. The van der Waals surface area contributed by atoms with E-state index in [9.17, 15) is 0 Å². The van der Waals surface area contributed by atoms with Crippen molar-refractivity contribution in [2.24, 2.45) is 0 Å². The standard InChI is InChI=1S/C13H20BrN3/c1-4-10-7-6-9(3)17(10)13-8-11(14)15-12(5-2)16-13/h8-10H,4-7H2,1-3H3. The second kappa shape index (κ2) is 5.34. The summed E-state index contributed by atoms with van der Waals surface area (Å²) < 4.78 is 0.897. The zero-order chi connectivity index (χ0) is 12.4. The van der Waals surface area contributed by atoms with Crippen LogP contribution < -0.4 is 4.90 Å². The molecule has 0 N–H and O–H groups in total. The summed E-state index contributed by atoms with van der Waals surface area (Å²) in [4.78, 5) is 11.5. The lowest BCUT2D eigenvalue weighted by Gasteiger charge is -2.29. The molecule has 1 aromatic heterocycles. The lowest BCUT2D eigenvalue weighted by molar-refractivity contribution is 0.618. The zero-order valence-electron chi connectivity index (χ0n) is 10.8. The highest BCUT2D eigenvalue weighted by atomic mass is 79.9. The number of halogens is 1. The number of aryl methyl sites for hydroxylation is 1. The molecule has 0 spiro atoms. The Morgan fingerprint density at radius 2 is 2.12 bits per heavy atom. The summed E-state index contributed by atoms with van der Waals surface area (Å²) >= 11 is 3.48. The van der Waals surface area contributed by atoms with Gasteiger partial charge in [0, 0.05) is 24.6 Å². The maximum absolute atomic E-state index is 4.67. The SMILES string of the molecule is CCc1nc(Br)cc(N2C(C)CCC2CC)n1. The van der Waals surface area contributed by atoms with E-state index < -0.39 is 0 Å². The van der Waals surface area contributed by atoms with Crippen LogP contribution in [0.2, 0.25) is 0 Å². The minimum Gasteiger partial charge on any atom is -0.351 e. The first-order valence-electron chi connectivity index (χ1n) is 6.47. The maximum atomic E-state index is 4.67. The van der Waals surface area contributed by atoms with E-state index in [1.165, 1.54) is 19.3 Å². The Kier molecular flexibility index (Phi) is 4.02. The third-order valence-electron chi connectivity index (χ3n) is 3.57. The van der Waals surface area contributed by atoms with E-state index in [-0.39, 0.29) is 0 Å². The van der Waals surface area contributed by atoms with Gasteiger partial charge in [0.1, 0.15) is 16.2 Å². The van der Waals surface area contributed by atoms with Gasteiger partial charge in [-0.2, -0.15) is 0 Å². The van der Waals surface area contributed by atoms with Crippen molar-refractivity contribution in [2.75, 3.05) is 4.90 Å². The van der Waals surface area contributed by atoms with Crippen LogP contribution in [0.3, 0.4) is 0 Å². The average molecular weight is 298 g/mol. The monoisotopic (exact) mass is 297 g/mol. The van der Waals surface area contributed by atoms with Crippen molar-refractivity contribution < 1.29 is 0 Å². The lowest BCUT2D eigenvalue weighted by atomic mass is 10.1. The minimum atomic E-state index is 0.589. The molecule has 1 aromatic rings. The third-order valence-corrected chi connectivity index (χ3v) is 3.97. The first-order valence-corrected chi connectivity index (χ1v) is 7.26. The van der Waals surface area contributed by atoms with E-state index in [1.807, 2.05) is 6.07 Å². The van der Waals surface area contributed by atoms with E-state index >= 15 is 0 Å². The molecule has 0 aromatic carbocycles. The predicted molar refractivity (Wildman–Crippen MR) is 74.4 cm³/mol. The number of rotatable bonds is 3. The van der Waals surface area contributed by atoms with Crippen molar-refractivity contribution in [3.05, 3.63) is 16.5 Å². The van der Waals surface area contributed by atoms with Gasteiger partial charge >= 0.3 is 0 Å². The smallest absolute Gasteiger partial charge is 0.133 e. The zero-order valence-corrected chi connectivity index (χ0v) is 12.4. The summed E-state index contributed by atoms with van der Waals surface area (Å²) in [5, 5.41) is 0. The Morgan fingerprint density at radius 1 is 1.35 bits per heavy atom. The normalized spacial score (nSPS) is 24.4. The van der Waals surface area contributed by atoms with Crippen molar-refractivity contribution in [1.29, 1.82) is 0 Å². The van der Waals surface area contributed by atoms with Crippen LogP contribution in [0.5, 0.6) is 0 Å². The van der Waals surface area contributed by atoms with E-state index in [2.05, 4.69) is 51.6 Å². The fourth-order valence-electron chi connectivity index (χ4n) is 2.63. The molecule has 17 heavy (non-hydrogen) atoms. The highest BCUT2D eigenvalue weighted by molar-refractivity contribution is 9.10. The number of hydrogen-bond acceptors (Lipinski definition) is 3. The van der Waals surface area contributed by atoms with Crippen molar-refractivity contribution in [1.82, 2.24) is 9.97 Å². The molecule has 4 heteroatoms. The van der Waals surface area contributed by atoms with Gasteiger partial charge in [-0.3, -0.25) is 0 Å². The van der Waals surface area contributed by atoms with Crippen molar-refractivity contribution in [2.45, 2.75) is 58.5 Å². The van der Waals surface area contributed by atoms with Crippen LogP contribution in [0.4, 0.5) is 5.82 Å². The summed E-state index contributed by atoms with van der Waals surface area (Å²) in [5.74, 6) is 2.00. The van der Waals surface area contributed by atoms with Gasteiger partial charge in [0.05, 0.1) is 0 Å². The Balaban J connectivity index is 2.34. The van der Waals surface area contributed by atoms with Gasteiger partial charge in [-0.25, -0.2) is 9.97 Å². The second-order valence-corrected chi connectivity index (χ2v) is 5.53. The van der Waals surface area contributed by atoms with E-state index in [0.717, 1.165) is 22.7 Å². The molecule has 1 saturated heterocycles. The van der Waals surface area contributed by atoms with Crippen LogP contribution in [0.1, 0.15) is 45.9 Å². The number of aromatic nitrogens is 2. The fourth-order valence-corrected chi connectivity index (χ4v) is 3.04. The molecule has 0 bridgehead atoms. The summed E-state index contributed by atoms with van der Waals surface area (Å²) in [6.45, 7) is 6.64. The van der Waals surface area contributed by atoms with Crippen LogP contribution >= 0.6 is 15.9 Å². The van der Waals surface area contributed by atoms with Crippen LogP contribution in [0.15, 0.2) is 10.7 Å². The summed E-state index contributed by atoms with van der Waals surface area (Å²) in [6, 6.07) is 3.27. The average Bonchev–Trinajstić information content (AvgIpc) is 2.69. The number of nitrogens with zero attached hydrogens (tertiary/aromatic N) is 3. The van der Waals surface area contributed by atoms with Gasteiger partial charge in [-0.1, -0.05) is 13.8 Å². The molecule has 1 fully saturated rings. The summed E-state index contributed by atoms with van der Waals surface area (Å²) in [6.07, 6.45) is 4.61. The maximum Gasteiger partial charge on any atom is 0.133 e. The molecule has 1 aliphatic rings. The molecular formula is C13H20BrN3. The molecule has 2 heterocycles. The molecule has 2 atom stereocenters. The second-order valence-electron chi connectivity index (χ2n) is 4.71. The molecule has 94 valence electrons. The van der Waals surface area contributed by atoms with Gasteiger partial charge in [-0.15, -0.1) is 0 Å². The van der Waals surface area contributed by atoms with Gasteiger partial charge in [0.2, 0.25) is 0 Å². The Labute approximate surface area is 112 Å². The largest absolute Gasteiger partial charge is 0.351 e. The Hall–Kier alpha value is -0.640. The number of anilines is 1. The summed E-state index contributed by atoms with van der Waals surface area (Å²) in [7, 11) is 0. The van der Waals surface area contributed by atoms with Crippen LogP contribution in [0, 0.1) is 0 Å². The first-order chi connectivity index (χ1) is 8.15. The highest BCUT2D eigenvalue weighted by Crippen LogP contribution is 2.31. The number of hydrogen-bond donors (Lipinski definition) is 0. The molecular weight excluding hydrogens is 278 g/mol. The molecule has 2 rings (SSSR count). The minimum absolute atomic E-state index is 0.589. The molecule has 0 saturated carbocycles. The van der Waals surface area contributed by atoms with Crippen molar-refractivity contribution in [3.8, 4) is 0 Å². The molecule has 1 aliphatic heterocycles. The van der Waals surface area contributed by atoms with E-state index in [4.69, 9.17) is 0 Å². The lowest BCUT2D eigenvalue weighted by Crippen LogP contribution is -2.35. The molecule has 0 aliphatic carbocycles. The Morgan fingerprint density at radius 3 is 2.76 bits per heavy atom. The molecule has 2 unspecified atom stereocenters. The van der Waals surface area contributed by atoms with Crippen LogP contribution in [0.25, 0.3) is 0 Å². The molecule has 0 radical (unpaired) electrons. The van der Waals surface area contributed by atoms with Gasteiger partial charge < -0.3 is 4.90 Å². The fraction of sp³-hybridized carbons (Fsp3) is 0.692. The van der Waals surface area contributed by atoms with Crippen LogP contribution in [-0.2, 0) is 6.42 Å². The predicted octanol–water partition coefficient (Wildman–Crippen LogP) is 3.57. The van der Waals surface area contributed by atoms with Crippen molar-refractivity contribution >= 4 is 21.7 Å². The van der Waals surface area contributed by atoms with Gasteiger partial charge in [0.15, 0.2) is 0 Å². The molecule has 3 nitrogen and oxygen atoms in total. The van der Waals surface area contributed by atoms with Gasteiger partial charge in [0.25, 0.3) is 0 Å². The first kappa shape index (κ1) is 12.8. The quantitative estimate of drug-likeness (QED) is 0.799. The topological polar surface area (TPSA) is 29.0 Å². The van der Waals surface area contributed by atoms with Crippen molar-refractivity contribution in [3.63, 3.8) is 0 Å². The Bertz CT molecular complexity index is 394. The van der Waals surface area contributed by atoms with Crippen LogP contribution in [-0.4, -0.2) is 22.1 Å². The highest BCUT2D eigenvalue weighted by Gasteiger charge is 2.30. The van der Waals surface area contributed by atoms with Gasteiger partial charge in [-0.05, 0) is 42.1 Å².